The average molecular weight is 304 g/mol. The fraction of sp³-hybridized carbons (Fsp3) is 0.636. The standard InChI is InChI=1S/C11H18BrN3O2/c1-5-17-10(16)11(4,13)6-15-8(3)9(12)7(2)14-15/h5-6,13H2,1-4H3. The van der Waals surface area contributed by atoms with Gasteiger partial charge in [0.05, 0.1) is 23.3 Å². The maximum atomic E-state index is 11.7. The Labute approximate surface area is 109 Å². The predicted molar refractivity (Wildman–Crippen MR) is 68.6 cm³/mol. The fourth-order valence-electron chi connectivity index (χ4n) is 1.50. The Morgan fingerprint density at radius 3 is 2.59 bits per heavy atom. The highest BCUT2D eigenvalue weighted by Gasteiger charge is 2.31. The molecule has 0 spiro atoms. The van der Waals surface area contributed by atoms with E-state index in [9.17, 15) is 4.79 Å². The molecule has 1 heterocycles. The van der Waals surface area contributed by atoms with Crippen LogP contribution >= 0.6 is 15.9 Å². The van der Waals surface area contributed by atoms with Crippen LogP contribution in [0, 0.1) is 13.8 Å². The van der Waals surface area contributed by atoms with Gasteiger partial charge in [0.2, 0.25) is 0 Å². The van der Waals surface area contributed by atoms with Gasteiger partial charge in [0.1, 0.15) is 5.54 Å². The molecule has 0 fully saturated rings. The molecule has 17 heavy (non-hydrogen) atoms. The van der Waals surface area contributed by atoms with Crippen molar-refractivity contribution in [1.29, 1.82) is 0 Å². The largest absolute Gasteiger partial charge is 0.465 e. The highest BCUT2D eigenvalue weighted by Crippen LogP contribution is 2.21. The summed E-state index contributed by atoms with van der Waals surface area (Å²) < 4.78 is 7.60. The van der Waals surface area contributed by atoms with Gasteiger partial charge < -0.3 is 10.5 Å². The lowest BCUT2D eigenvalue weighted by Crippen LogP contribution is -2.50. The zero-order valence-corrected chi connectivity index (χ0v) is 12.2. The lowest BCUT2D eigenvalue weighted by molar-refractivity contribution is -0.149. The minimum absolute atomic E-state index is 0.296. The minimum atomic E-state index is -1.07. The molecule has 0 saturated heterocycles. The van der Waals surface area contributed by atoms with Gasteiger partial charge in [0.15, 0.2) is 0 Å². The second-order valence-electron chi connectivity index (χ2n) is 4.28. The van der Waals surface area contributed by atoms with E-state index in [1.165, 1.54) is 0 Å². The Morgan fingerprint density at radius 2 is 2.18 bits per heavy atom. The van der Waals surface area contributed by atoms with E-state index in [0.717, 1.165) is 15.9 Å². The predicted octanol–water partition coefficient (Wildman–Crippen LogP) is 1.54. The van der Waals surface area contributed by atoms with Crippen molar-refractivity contribution in [3.63, 3.8) is 0 Å². The molecule has 0 aliphatic rings. The molecule has 6 heteroatoms. The Balaban J connectivity index is 2.90. The number of carbonyl (C=O) groups is 1. The summed E-state index contributed by atoms with van der Waals surface area (Å²) in [5.74, 6) is -0.413. The first kappa shape index (κ1) is 14.2. The molecule has 1 atom stereocenters. The van der Waals surface area contributed by atoms with Gasteiger partial charge in [-0.2, -0.15) is 5.10 Å². The topological polar surface area (TPSA) is 70.1 Å². The normalized spacial score (nSPS) is 14.5. The van der Waals surface area contributed by atoms with Crippen molar-refractivity contribution in [3.8, 4) is 0 Å². The van der Waals surface area contributed by atoms with Crippen molar-refractivity contribution in [3.05, 3.63) is 15.9 Å². The Hall–Kier alpha value is -0.880. The summed E-state index contributed by atoms with van der Waals surface area (Å²) in [6, 6.07) is 0. The van der Waals surface area contributed by atoms with Crippen LogP contribution in [-0.2, 0) is 16.1 Å². The van der Waals surface area contributed by atoms with Crippen molar-refractivity contribution < 1.29 is 9.53 Å². The van der Waals surface area contributed by atoms with Crippen LogP contribution in [0.1, 0.15) is 25.2 Å². The molecule has 0 saturated carbocycles. The molecule has 0 aliphatic heterocycles. The van der Waals surface area contributed by atoms with Gasteiger partial charge in [-0.1, -0.05) is 0 Å². The third kappa shape index (κ3) is 3.07. The summed E-state index contributed by atoms with van der Waals surface area (Å²) >= 11 is 3.43. The van der Waals surface area contributed by atoms with Gasteiger partial charge in [0.25, 0.3) is 0 Å². The quantitative estimate of drug-likeness (QED) is 0.857. The summed E-state index contributed by atoms with van der Waals surface area (Å²) in [7, 11) is 0. The monoisotopic (exact) mass is 303 g/mol. The number of carbonyl (C=O) groups excluding carboxylic acids is 1. The number of nitrogens with zero attached hydrogens (tertiary/aromatic N) is 2. The smallest absolute Gasteiger partial charge is 0.327 e. The Morgan fingerprint density at radius 1 is 1.59 bits per heavy atom. The molecule has 0 aliphatic carbocycles. The van der Waals surface area contributed by atoms with Crippen molar-refractivity contribution in [2.45, 2.75) is 39.8 Å². The second kappa shape index (κ2) is 5.18. The van der Waals surface area contributed by atoms with Gasteiger partial charge in [-0.15, -0.1) is 0 Å². The van der Waals surface area contributed by atoms with Crippen LogP contribution in [0.2, 0.25) is 0 Å². The Bertz CT molecular complexity index is 427. The molecule has 0 bridgehead atoms. The Kier molecular flexibility index (Phi) is 4.32. The summed E-state index contributed by atoms with van der Waals surface area (Å²) in [5, 5.41) is 4.32. The van der Waals surface area contributed by atoms with Crippen molar-refractivity contribution in [1.82, 2.24) is 9.78 Å². The molecule has 1 rings (SSSR count). The number of ether oxygens (including phenoxy) is 1. The molecule has 1 aromatic heterocycles. The fourth-order valence-corrected chi connectivity index (χ4v) is 1.78. The van der Waals surface area contributed by atoms with Crippen molar-refractivity contribution in [2.24, 2.45) is 5.73 Å². The number of hydrogen-bond acceptors (Lipinski definition) is 4. The van der Waals surface area contributed by atoms with Crippen LogP contribution in [0.25, 0.3) is 0 Å². The SMILES string of the molecule is CCOC(=O)C(C)(N)Cn1nc(C)c(Br)c1C. The van der Waals surface area contributed by atoms with Gasteiger partial charge >= 0.3 is 5.97 Å². The molecule has 0 radical (unpaired) electrons. The maximum Gasteiger partial charge on any atom is 0.327 e. The number of hydrogen-bond donors (Lipinski definition) is 1. The number of halogens is 1. The average Bonchev–Trinajstić information content (AvgIpc) is 2.46. The highest BCUT2D eigenvalue weighted by molar-refractivity contribution is 9.10. The first-order chi connectivity index (χ1) is 7.79. The molecule has 1 unspecified atom stereocenters. The van der Waals surface area contributed by atoms with Crippen LogP contribution in [0.4, 0.5) is 0 Å². The number of nitrogens with two attached hydrogens (primary N) is 1. The molecule has 0 aromatic carbocycles. The van der Waals surface area contributed by atoms with Crippen LogP contribution < -0.4 is 5.73 Å². The van der Waals surface area contributed by atoms with Crippen LogP contribution in [0.3, 0.4) is 0 Å². The maximum absolute atomic E-state index is 11.7. The first-order valence-electron chi connectivity index (χ1n) is 5.45. The van der Waals surface area contributed by atoms with E-state index in [1.54, 1.807) is 18.5 Å². The zero-order valence-electron chi connectivity index (χ0n) is 10.6. The molecule has 2 N–H and O–H groups in total. The van der Waals surface area contributed by atoms with Crippen LogP contribution in [0.15, 0.2) is 4.47 Å². The van der Waals surface area contributed by atoms with Gasteiger partial charge in [-0.3, -0.25) is 4.68 Å². The van der Waals surface area contributed by atoms with E-state index in [1.807, 2.05) is 13.8 Å². The summed E-state index contributed by atoms with van der Waals surface area (Å²) in [4.78, 5) is 11.7. The minimum Gasteiger partial charge on any atom is -0.465 e. The summed E-state index contributed by atoms with van der Waals surface area (Å²) in [5.41, 5.74) is 6.71. The van der Waals surface area contributed by atoms with E-state index in [2.05, 4.69) is 21.0 Å². The van der Waals surface area contributed by atoms with Crippen LogP contribution in [0.5, 0.6) is 0 Å². The van der Waals surface area contributed by atoms with E-state index >= 15 is 0 Å². The van der Waals surface area contributed by atoms with Gasteiger partial charge in [0, 0.05) is 5.69 Å². The first-order valence-corrected chi connectivity index (χ1v) is 6.24. The van der Waals surface area contributed by atoms with E-state index in [0.29, 0.717) is 13.2 Å². The number of rotatable bonds is 4. The van der Waals surface area contributed by atoms with E-state index in [-0.39, 0.29) is 0 Å². The molecular formula is C11H18BrN3O2. The molecule has 1 aromatic rings. The zero-order chi connectivity index (χ0) is 13.2. The molecular weight excluding hydrogens is 286 g/mol. The van der Waals surface area contributed by atoms with Gasteiger partial charge in [-0.25, -0.2) is 4.79 Å². The molecule has 5 nitrogen and oxygen atoms in total. The summed E-state index contributed by atoms with van der Waals surface area (Å²) in [6.45, 7) is 7.84. The lowest BCUT2D eigenvalue weighted by atomic mass is 10.1. The number of aromatic nitrogens is 2. The van der Waals surface area contributed by atoms with E-state index in [4.69, 9.17) is 10.5 Å². The number of aryl methyl sites for hydroxylation is 1. The van der Waals surface area contributed by atoms with E-state index < -0.39 is 11.5 Å². The van der Waals surface area contributed by atoms with Crippen molar-refractivity contribution in [2.75, 3.05) is 6.61 Å². The van der Waals surface area contributed by atoms with Crippen molar-refractivity contribution >= 4 is 21.9 Å². The molecule has 96 valence electrons. The second-order valence-corrected chi connectivity index (χ2v) is 5.07. The third-order valence-electron chi connectivity index (χ3n) is 2.51. The summed E-state index contributed by atoms with van der Waals surface area (Å²) in [6.07, 6.45) is 0. The van der Waals surface area contributed by atoms with Gasteiger partial charge in [-0.05, 0) is 43.6 Å². The highest BCUT2D eigenvalue weighted by atomic mass is 79.9. The third-order valence-corrected chi connectivity index (χ3v) is 3.66. The molecule has 0 amide bonds. The lowest BCUT2D eigenvalue weighted by Gasteiger charge is -2.22. The number of esters is 1. The van der Waals surface area contributed by atoms with Crippen LogP contribution in [-0.4, -0.2) is 27.9 Å².